The Morgan fingerprint density at radius 2 is 1.94 bits per heavy atom. The molecule has 184 valence electrons. The van der Waals surface area contributed by atoms with Gasteiger partial charge in [-0.2, -0.15) is 0 Å². The van der Waals surface area contributed by atoms with E-state index < -0.39 is 18.2 Å². The van der Waals surface area contributed by atoms with Gasteiger partial charge in [0.25, 0.3) is 0 Å². The number of hydrogen-bond donors (Lipinski definition) is 4. The summed E-state index contributed by atoms with van der Waals surface area (Å²) in [4.78, 5) is 45.7. The lowest BCUT2D eigenvalue weighted by atomic mass is 9.90. The quantitative estimate of drug-likeness (QED) is 0.501. The normalized spacial score (nSPS) is 24.7. The van der Waals surface area contributed by atoms with E-state index in [1.54, 1.807) is 25.8 Å². The second kappa shape index (κ2) is 9.38. The number of aliphatic hydroxyl groups is 1. The standard InChI is InChI=1S/C25H35N5O4/c1-13-6-7-20-17(10-13)18(11-27-20)19-12-30(16(4)32)21-8-9-29(23(19)21)25(34)22(15(3)31)28-24(33)14(2)26-5/h6-7,10-11,14-15,19,21-23,26-27,31H,8-9,12H2,1-5H3,(H,28,33)/t14-,15+,19+,21+,22-,23+/m0/s1. The molecule has 0 aliphatic carbocycles. The fraction of sp³-hybridized carbons (Fsp3) is 0.560. The highest BCUT2D eigenvalue weighted by atomic mass is 16.3. The van der Waals surface area contributed by atoms with Crippen LogP contribution >= 0.6 is 0 Å². The van der Waals surface area contributed by atoms with Crippen molar-refractivity contribution >= 4 is 28.6 Å². The van der Waals surface area contributed by atoms with Crippen LogP contribution in [0.15, 0.2) is 24.4 Å². The molecule has 2 aliphatic rings. The fourth-order valence-electron chi connectivity index (χ4n) is 5.52. The lowest BCUT2D eigenvalue weighted by Gasteiger charge is -2.33. The number of aliphatic hydroxyl groups excluding tert-OH is 1. The van der Waals surface area contributed by atoms with Crippen LogP contribution in [-0.4, -0.2) is 88.0 Å². The number of H-pyrrole nitrogens is 1. The Bertz CT molecular complexity index is 1100. The predicted octanol–water partition coefficient (Wildman–Crippen LogP) is 0.865. The summed E-state index contributed by atoms with van der Waals surface area (Å²) >= 11 is 0. The summed E-state index contributed by atoms with van der Waals surface area (Å²) in [5, 5.41) is 17.1. The van der Waals surface area contributed by atoms with Gasteiger partial charge in [0.1, 0.15) is 6.04 Å². The van der Waals surface area contributed by atoms with Crippen LogP contribution in [0.1, 0.15) is 44.2 Å². The summed E-state index contributed by atoms with van der Waals surface area (Å²) in [5.74, 6) is -0.743. The summed E-state index contributed by atoms with van der Waals surface area (Å²) in [6.07, 6.45) is 1.60. The number of likely N-dealkylation sites (N-methyl/N-ethyl adjacent to an activating group) is 1. The van der Waals surface area contributed by atoms with Crippen molar-refractivity contribution in [1.82, 2.24) is 25.4 Å². The number of fused-ring (bicyclic) bond motifs is 2. The van der Waals surface area contributed by atoms with Crippen LogP contribution in [0.25, 0.3) is 10.9 Å². The van der Waals surface area contributed by atoms with E-state index in [0.717, 1.165) is 22.0 Å². The smallest absolute Gasteiger partial charge is 0.248 e. The fourth-order valence-corrected chi connectivity index (χ4v) is 5.52. The Kier molecular flexibility index (Phi) is 6.69. The third-order valence-corrected chi connectivity index (χ3v) is 7.45. The first-order chi connectivity index (χ1) is 16.1. The van der Waals surface area contributed by atoms with Crippen LogP contribution in [0, 0.1) is 6.92 Å². The van der Waals surface area contributed by atoms with E-state index in [9.17, 15) is 19.5 Å². The molecule has 0 radical (unpaired) electrons. The van der Waals surface area contributed by atoms with Gasteiger partial charge in [-0.1, -0.05) is 11.6 Å². The maximum absolute atomic E-state index is 13.7. The monoisotopic (exact) mass is 469 g/mol. The van der Waals surface area contributed by atoms with Gasteiger partial charge in [0.15, 0.2) is 0 Å². The molecule has 1 aromatic heterocycles. The van der Waals surface area contributed by atoms with Gasteiger partial charge in [-0.25, -0.2) is 0 Å². The number of aryl methyl sites for hydroxylation is 1. The zero-order valence-corrected chi connectivity index (χ0v) is 20.5. The average Bonchev–Trinajstić information content (AvgIpc) is 3.49. The van der Waals surface area contributed by atoms with Gasteiger partial charge in [0, 0.05) is 43.0 Å². The minimum absolute atomic E-state index is 0.00829. The molecule has 2 aromatic rings. The van der Waals surface area contributed by atoms with Crippen LogP contribution in [-0.2, 0) is 14.4 Å². The van der Waals surface area contributed by atoms with Gasteiger partial charge < -0.3 is 30.5 Å². The first-order valence-corrected chi connectivity index (χ1v) is 11.9. The largest absolute Gasteiger partial charge is 0.391 e. The maximum atomic E-state index is 13.7. The maximum Gasteiger partial charge on any atom is 0.248 e. The van der Waals surface area contributed by atoms with Crippen molar-refractivity contribution < 1.29 is 19.5 Å². The third kappa shape index (κ3) is 4.18. The minimum Gasteiger partial charge on any atom is -0.391 e. The zero-order chi connectivity index (χ0) is 24.7. The summed E-state index contributed by atoms with van der Waals surface area (Å²) in [7, 11) is 1.66. The lowest BCUT2D eigenvalue weighted by Crippen LogP contribution is -2.58. The number of benzene rings is 1. The summed E-state index contributed by atoms with van der Waals surface area (Å²) in [6.45, 7) is 7.82. The highest BCUT2D eigenvalue weighted by Gasteiger charge is 2.53. The molecule has 0 saturated carbocycles. The summed E-state index contributed by atoms with van der Waals surface area (Å²) < 4.78 is 0. The number of aromatic amines is 1. The number of hydrogen-bond acceptors (Lipinski definition) is 5. The lowest BCUT2D eigenvalue weighted by molar-refractivity contribution is -0.140. The van der Waals surface area contributed by atoms with Gasteiger partial charge in [-0.3, -0.25) is 14.4 Å². The molecule has 2 aliphatic heterocycles. The Morgan fingerprint density at radius 1 is 1.21 bits per heavy atom. The first kappa shape index (κ1) is 24.2. The van der Waals surface area contributed by atoms with Crippen molar-refractivity contribution in [2.24, 2.45) is 0 Å². The Balaban J connectivity index is 1.69. The van der Waals surface area contributed by atoms with Gasteiger partial charge in [-0.05, 0) is 51.9 Å². The van der Waals surface area contributed by atoms with Crippen molar-refractivity contribution in [3.63, 3.8) is 0 Å². The van der Waals surface area contributed by atoms with Gasteiger partial charge >= 0.3 is 0 Å². The molecule has 34 heavy (non-hydrogen) atoms. The SMILES string of the molecule is CN[C@@H](C)C(=O)N[C@H](C(=O)N1CC[C@@H]2[C@H]1[C@@H](c1c[nH]c3ccc(C)cc13)CN2C(C)=O)[C@@H](C)O. The molecule has 6 atom stereocenters. The zero-order valence-electron chi connectivity index (χ0n) is 20.5. The molecule has 9 heteroatoms. The van der Waals surface area contributed by atoms with E-state index in [1.165, 1.54) is 6.92 Å². The number of nitrogens with zero attached hydrogens (tertiary/aromatic N) is 2. The van der Waals surface area contributed by atoms with Crippen LogP contribution in [0.4, 0.5) is 0 Å². The van der Waals surface area contributed by atoms with E-state index >= 15 is 0 Å². The number of carbonyl (C=O) groups excluding carboxylic acids is 3. The van der Waals surface area contributed by atoms with Crippen LogP contribution in [0.5, 0.6) is 0 Å². The Morgan fingerprint density at radius 3 is 2.59 bits per heavy atom. The second-order valence-electron chi connectivity index (χ2n) is 9.69. The Hall–Kier alpha value is -2.91. The molecular formula is C25H35N5O4. The van der Waals surface area contributed by atoms with E-state index in [1.807, 2.05) is 24.1 Å². The average molecular weight is 470 g/mol. The van der Waals surface area contributed by atoms with Gasteiger partial charge in [-0.15, -0.1) is 0 Å². The number of aromatic nitrogens is 1. The number of nitrogens with one attached hydrogen (secondary N) is 3. The van der Waals surface area contributed by atoms with Crippen molar-refractivity contribution in [3.8, 4) is 0 Å². The number of amides is 3. The topological polar surface area (TPSA) is 118 Å². The molecule has 9 nitrogen and oxygen atoms in total. The molecule has 4 N–H and O–H groups in total. The molecule has 0 spiro atoms. The van der Waals surface area contributed by atoms with Crippen LogP contribution in [0.2, 0.25) is 0 Å². The highest BCUT2D eigenvalue weighted by molar-refractivity contribution is 5.91. The van der Waals surface area contributed by atoms with Gasteiger partial charge in [0.2, 0.25) is 17.7 Å². The second-order valence-corrected chi connectivity index (χ2v) is 9.69. The van der Waals surface area contributed by atoms with Gasteiger partial charge in [0.05, 0.1) is 24.2 Å². The van der Waals surface area contributed by atoms with Crippen LogP contribution in [0.3, 0.4) is 0 Å². The first-order valence-electron chi connectivity index (χ1n) is 11.9. The molecule has 3 heterocycles. The van der Waals surface area contributed by atoms with E-state index in [0.29, 0.717) is 19.5 Å². The Labute approximate surface area is 199 Å². The molecule has 4 rings (SSSR count). The van der Waals surface area contributed by atoms with Crippen molar-refractivity contribution in [2.75, 3.05) is 20.1 Å². The summed E-state index contributed by atoms with van der Waals surface area (Å²) in [5.41, 5.74) is 3.24. The number of likely N-dealkylation sites (tertiary alicyclic amines) is 2. The molecule has 2 fully saturated rings. The van der Waals surface area contributed by atoms with E-state index in [-0.39, 0.29) is 35.7 Å². The predicted molar refractivity (Wildman–Crippen MR) is 129 cm³/mol. The van der Waals surface area contributed by atoms with Crippen LogP contribution < -0.4 is 10.6 Å². The number of rotatable bonds is 6. The molecule has 3 amide bonds. The number of carbonyl (C=O) groups is 3. The molecule has 1 aromatic carbocycles. The highest BCUT2D eigenvalue weighted by Crippen LogP contribution is 2.43. The van der Waals surface area contributed by atoms with E-state index in [4.69, 9.17) is 0 Å². The molecule has 0 unspecified atom stereocenters. The third-order valence-electron chi connectivity index (χ3n) is 7.45. The van der Waals surface area contributed by atoms with E-state index in [2.05, 4.69) is 27.8 Å². The molecule has 2 saturated heterocycles. The molecule has 0 bridgehead atoms. The van der Waals surface area contributed by atoms with Crippen molar-refractivity contribution in [3.05, 3.63) is 35.5 Å². The molecular weight excluding hydrogens is 434 g/mol. The van der Waals surface area contributed by atoms with Crippen molar-refractivity contribution in [1.29, 1.82) is 0 Å². The summed E-state index contributed by atoms with van der Waals surface area (Å²) in [6, 6.07) is 4.35. The minimum atomic E-state index is -1.06. The van der Waals surface area contributed by atoms with Crippen molar-refractivity contribution in [2.45, 2.75) is 70.3 Å².